The van der Waals surface area contributed by atoms with Crippen LogP contribution in [0.4, 0.5) is 0 Å². The summed E-state index contributed by atoms with van der Waals surface area (Å²) in [5.74, 6) is -0.327. The Morgan fingerprint density at radius 2 is 1.70 bits per heavy atom. The first-order valence-electron chi connectivity index (χ1n) is 8.63. The molecule has 2 unspecified atom stereocenters. The van der Waals surface area contributed by atoms with Crippen LogP contribution in [0.2, 0.25) is 0 Å². The maximum Gasteiger partial charge on any atom is 0.321 e. The highest BCUT2D eigenvalue weighted by atomic mass is 16.4. The smallest absolute Gasteiger partial charge is 0.321 e. The van der Waals surface area contributed by atoms with Crippen molar-refractivity contribution in [2.75, 3.05) is 13.1 Å². The topological polar surface area (TPSA) is 40.5 Å². The van der Waals surface area contributed by atoms with E-state index in [1.165, 1.54) is 44.9 Å². The van der Waals surface area contributed by atoms with Gasteiger partial charge >= 0.3 is 5.97 Å². The Balaban J connectivity index is 2.12. The number of nitrogens with zero attached hydrogens (tertiary/aromatic N) is 1. The lowest BCUT2D eigenvalue weighted by Gasteiger charge is -2.37. The van der Waals surface area contributed by atoms with E-state index in [9.17, 15) is 9.90 Å². The second-order valence-electron chi connectivity index (χ2n) is 6.41. The van der Waals surface area contributed by atoms with Crippen LogP contribution in [0.5, 0.6) is 0 Å². The molecule has 1 heterocycles. The molecule has 1 aliphatic heterocycles. The largest absolute Gasteiger partial charge is 0.480 e. The summed E-state index contributed by atoms with van der Waals surface area (Å²) >= 11 is 0. The summed E-state index contributed by atoms with van der Waals surface area (Å²) < 4.78 is 0. The number of rotatable bonds is 10. The second kappa shape index (κ2) is 10.2. The monoisotopic (exact) mass is 283 g/mol. The summed E-state index contributed by atoms with van der Waals surface area (Å²) in [7, 11) is 0. The molecule has 1 aliphatic rings. The van der Waals surface area contributed by atoms with Crippen LogP contribution >= 0.6 is 0 Å². The maximum absolute atomic E-state index is 11.4. The number of hydrogen-bond donors (Lipinski definition) is 1. The van der Waals surface area contributed by atoms with Crippen LogP contribution in [-0.2, 0) is 4.79 Å². The molecule has 0 aromatic heterocycles. The van der Waals surface area contributed by atoms with Gasteiger partial charge in [0.1, 0.15) is 6.04 Å². The first kappa shape index (κ1) is 17.5. The average molecular weight is 283 g/mol. The third-order valence-electron chi connectivity index (χ3n) is 4.59. The lowest BCUT2D eigenvalue weighted by atomic mass is 9.90. The van der Waals surface area contributed by atoms with Crippen molar-refractivity contribution in [1.82, 2.24) is 4.90 Å². The molecule has 2 atom stereocenters. The molecule has 0 aromatic carbocycles. The minimum Gasteiger partial charge on any atom is -0.480 e. The molecule has 0 amide bonds. The van der Waals surface area contributed by atoms with Crippen LogP contribution in [0.1, 0.15) is 78.1 Å². The Morgan fingerprint density at radius 3 is 2.30 bits per heavy atom. The Labute approximate surface area is 124 Å². The van der Waals surface area contributed by atoms with Crippen molar-refractivity contribution in [3.63, 3.8) is 0 Å². The fraction of sp³-hybridized carbons (Fsp3) is 0.941. The Hall–Kier alpha value is -0.570. The van der Waals surface area contributed by atoms with Crippen LogP contribution in [0.15, 0.2) is 0 Å². The standard InChI is InChI=1S/C17H33NO2/c1-3-4-5-6-7-8-9-10-13-18-14-11-12-15(2)16(18)17(19)20/h15-16H,3-14H2,1-2H3,(H,19,20). The van der Waals surface area contributed by atoms with Gasteiger partial charge in [-0.1, -0.05) is 58.8 Å². The average Bonchev–Trinajstić information content (AvgIpc) is 2.41. The Kier molecular flexibility index (Phi) is 8.92. The maximum atomic E-state index is 11.4. The highest BCUT2D eigenvalue weighted by molar-refractivity contribution is 5.74. The first-order chi connectivity index (χ1) is 9.66. The molecular formula is C17H33NO2. The fourth-order valence-electron chi connectivity index (χ4n) is 3.37. The molecule has 20 heavy (non-hydrogen) atoms. The number of piperidine rings is 1. The molecule has 118 valence electrons. The third-order valence-corrected chi connectivity index (χ3v) is 4.59. The number of carboxylic acid groups (broad SMARTS) is 1. The van der Waals surface area contributed by atoms with Gasteiger partial charge in [0.15, 0.2) is 0 Å². The van der Waals surface area contributed by atoms with Crippen LogP contribution in [0.3, 0.4) is 0 Å². The second-order valence-corrected chi connectivity index (χ2v) is 6.41. The van der Waals surface area contributed by atoms with Gasteiger partial charge in [0, 0.05) is 0 Å². The van der Waals surface area contributed by atoms with Gasteiger partial charge in [-0.15, -0.1) is 0 Å². The van der Waals surface area contributed by atoms with Gasteiger partial charge in [-0.3, -0.25) is 9.69 Å². The molecule has 0 saturated carbocycles. The van der Waals surface area contributed by atoms with Gasteiger partial charge in [-0.05, 0) is 38.3 Å². The molecule has 0 radical (unpaired) electrons. The van der Waals surface area contributed by atoms with Crippen LogP contribution in [0.25, 0.3) is 0 Å². The summed E-state index contributed by atoms with van der Waals surface area (Å²) in [6.45, 7) is 6.27. The zero-order valence-corrected chi connectivity index (χ0v) is 13.4. The highest BCUT2D eigenvalue weighted by Gasteiger charge is 2.33. The van der Waals surface area contributed by atoms with Crippen molar-refractivity contribution in [3.8, 4) is 0 Å². The zero-order valence-electron chi connectivity index (χ0n) is 13.4. The third kappa shape index (κ3) is 6.25. The molecule has 3 nitrogen and oxygen atoms in total. The van der Waals surface area contributed by atoms with Gasteiger partial charge in [-0.25, -0.2) is 0 Å². The molecule has 1 N–H and O–H groups in total. The van der Waals surface area contributed by atoms with Crippen molar-refractivity contribution in [3.05, 3.63) is 0 Å². The van der Waals surface area contributed by atoms with E-state index in [0.29, 0.717) is 5.92 Å². The number of carboxylic acids is 1. The van der Waals surface area contributed by atoms with Crippen LogP contribution in [0, 0.1) is 5.92 Å². The molecule has 3 heteroatoms. The van der Waals surface area contributed by atoms with Gasteiger partial charge in [0.2, 0.25) is 0 Å². The van der Waals surface area contributed by atoms with Crippen LogP contribution in [-0.4, -0.2) is 35.1 Å². The molecule has 0 bridgehead atoms. The number of hydrogen-bond acceptors (Lipinski definition) is 2. The van der Waals surface area contributed by atoms with Gasteiger partial charge in [0.25, 0.3) is 0 Å². The predicted octanol–water partition coefficient (Wildman–Crippen LogP) is 4.31. The van der Waals surface area contributed by atoms with E-state index in [2.05, 4.69) is 18.7 Å². The molecule has 1 rings (SSSR count). The minimum absolute atomic E-state index is 0.242. The van der Waals surface area contributed by atoms with Crippen molar-refractivity contribution >= 4 is 5.97 Å². The quantitative estimate of drug-likeness (QED) is 0.607. The molecular weight excluding hydrogens is 250 g/mol. The lowest BCUT2D eigenvalue weighted by molar-refractivity contribution is -0.146. The summed E-state index contributed by atoms with van der Waals surface area (Å²) in [5, 5.41) is 9.36. The number of aliphatic carboxylic acids is 1. The molecule has 0 spiro atoms. The van der Waals surface area contributed by atoms with E-state index in [1.54, 1.807) is 0 Å². The summed E-state index contributed by atoms with van der Waals surface area (Å²) in [6, 6.07) is -0.242. The summed E-state index contributed by atoms with van der Waals surface area (Å²) in [4.78, 5) is 13.6. The van der Waals surface area contributed by atoms with E-state index in [1.807, 2.05) is 0 Å². The van der Waals surface area contributed by atoms with E-state index in [0.717, 1.165) is 32.4 Å². The van der Waals surface area contributed by atoms with Crippen molar-refractivity contribution in [2.24, 2.45) is 5.92 Å². The zero-order chi connectivity index (χ0) is 14.8. The van der Waals surface area contributed by atoms with Crippen molar-refractivity contribution < 1.29 is 9.90 Å². The molecule has 1 fully saturated rings. The minimum atomic E-state index is -0.628. The number of carbonyl (C=O) groups is 1. The Bertz CT molecular complexity index is 268. The molecule has 0 aromatic rings. The Morgan fingerprint density at radius 1 is 1.10 bits per heavy atom. The fourth-order valence-corrected chi connectivity index (χ4v) is 3.37. The lowest BCUT2D eigenvalue weighted by Crippen LogP contribution is -2.49. The normalized spacial score (nSPS) is 23.9. The first-order valence-corrected chi connectivity index (χ1v) is 8.63. The van der Waals surface area contributed by atoms with Crippen LogP contribution < -0.4 is 0 Å². The summed E-state index contributed by atoms with van der Waals surface area (Å²) in [5.41, 5.74) is 0. The highest BCUT2D eigenvalue weighted by Crippen LogP contribution is 2.24. The van der Waals surface area contributed by atoms with Gasteiger partial charge < -0.3 is 5.11 Å². The van der Waals surface area contributed by atoms with Gasteiger partial charge in [0.05, 0.1) is 0 Å². The number of likely N-dealkylation sites (tertiary alicyclic amines) is 1. The van der Waals surface area contributed by atoms with Crippen molar-refractivity contribution in [2.45, 2.75) is 84.1 Å². The van der Waals surface area contributed by atoms with E-state index < -0.39 is 5.97 Å². The summed E-state index contributed by atoms with van der Waals surface area (Å²) in [6.07, 6.45) is 12.7. The van der Waals surface area contributed by atoms with E-state index >= 15 is 0 Å². The van der Waals surface area contributed by atoms with E-state index in [4.69, 9.17) is 0 Å². The van der Waals surface area contributed by atoms with Gasteiger partial charge in [-0.2, -0.15) is 0 Å². The van der Waals surface area contributed by atoms with Crippen molar-refractivity contribution in [1.29, 1.82) is 0 Å². The van der Waals surface area contributed by atoms with E-state index in [-0.39, 0.29) is 6.04 Å². The molecule has 0 aliphatic carbocycles. The number of unbranched alkanes of at least 4 members (excludes halogenated alkanes) is 7. The predicted molar refractivity (Wildman–Crippen MR) is 84.0 cm³/mol. The molecule has 1 saturated heterocycles. The SMILES string of the molecule is CCCCCCCCCCN1CCCC(C)C1C(=O)O.